The Morgan fingerprint density at radius 2 is 1.64 bits per heavy atom. The molecule has 25 heavy (non-hydrogen) atoms. The van der Waals surface area contributed by atoms with Crippen molar-refractivity contribution in [3.63, 3.8) is 0 Å². The van der Waals surface area contributed by atoms with E-state index >= 15 is 0 Å². The average Bonchev–Trinajstić information content (AvgIpc) is 3.29. The predicted molar refractivity (Wildman–Crippen MR) is 90.7 cm³/mol. The Balaban J connectivity index is 1.21. The van der Waals surface area contributed by atoms with Crippen molar-refractivity contribution < 1.29 is 19.0 Å². The lowest BCUT2D eigenvalue weighted by Crippen LogP contribution is -2.47. The molecule has 4 nitrogen and oxygen atoms in total. The number of hydrogen-bond acceptors (Lipinski definition) is 4. The first kappa shape index (κ1) is 15.1. The zero-order chi connectivity index (χ0) is 17.1. The van der Waals surface area contributed by atoms with Gasteiger partial charge in [0.05, 0.1) is 12.2 Å². The topological polar surface area (TPSA) is 44.8 Å². The molecule has 3 saturated carbocycles. The molecule has 0 aromatic carbocycles. The van der Waals surface area contributed by atoms with E-state index in [0.29, 0.717) is 30.0 Å². The minimum atomic E-state index is -0.494. The zero-order valence-corrected chi connectivity index (χ0v) is 15.3. The Morgan fingerprint density at radius 1 is 0.960 bits per heavy atom. The summed E-state index contributed by atoms with van der Waals surface area (Å²) in [6, 6.07) is 0. The first-order valence-electron chi connectivity index (χ1n) is 10.1. The summed E-state index contributed by atoms with van der Waals surface area (Å²) in [5.74, 6) is 5.55. The van der Waals surface area contributed by atoms with Crippen LogP contribution in [0.15, 0.2) is 12.2 Å². The number of hydrogen-bond donors (Lipinski definition) is 0. The van der Waals surface area contributed by atoms with Crippen LogP contribution >= 0.6 is 0 Å². The van der Waals surface area contributed by atoms with Gasteiger partial charge >= 0.3 is 6.16 Å². The second kappa shape index (κ2) is 4.62. The lowest BCUT2D eigenvalue weighted by molar-refractivity contribution is -0.0557. The second-order valence-corrected chi connectivity index (χ2v) is 10.3. The highest BCUT2D eigenvalue weighted by atomic mass is 16.7. The van der Waals surface area contributed by atoms with Crippen molar-refractivity contribution in [2.24, 2.45) is 47.3 Å². The third-order valence-electron chi connectivity index (χ3n) is 8.12. The van der Waals surface area contributed by atoms with Gasteiger partial charge in [-0.15, -0.1) is 0 Å². The highest BCUT2D eigenvalue weighted by molar-refractivity contribution is 5.60. The summed E-state index contributed by atoms with van der Waals surface area (Å²) < 4.78 is 17.8. The number of carbonyl (C=O) groups is 1. The summed E-state index contributed by atoms with van der Waals surface area (Å²) >= 11 is 0. The molecule has 0 amide bonds. The van der Waals surface area contributed by atoms with Gasteiger partial charge in [-0.3, -0.25) is 0 Å². The number of fused-ring (bicyclic) bond motifs is 16. The summed E-state index contributed by atoms with van der Waals surface area (Å²) in [4.78, 5) is 12.1. The molecule has 4 aliphatic carbocycles. The van der Waals surface area contributed by atoms with Gasteiger partial charge in [0.15, 0.2) is 0 Å². The van der Waals surface area contributed by atoms with Crippen LogP contribution in [0, 0.1) is 47.3 Å². The van der Waals surface area contributed by atoms with Gasteiger partial charge in [-0.2, -0.15) is 0 Å². The Morgan fingerprint density at radius 3 is 2.32 bits per heavy atom. The molecule has 2 aliphatic heterocycles. The third kappa shape index (κ3) is 1.90. The van der Waals surface area contributed by atoms with Crippen LogP contribution in [0.25, 0.3) is 0 Å². The maximum atomic E-state index is 12.1. The summed E-state index contributed by atoms with van der Waals surface area (Å²) in [7, 11) is 0. The standard InChI is InChI=1S/C21H28O4/c1-21(2,3)25-20(22)23-13-8-11-7-12(13)17-16(11)18-14-9-4-5-10(6-9)15(14)19(17)24-18/h4-5,9-19H,6-8H2,1-3H3. The van der Waals surface area contributed by atoms with Crippen LogP contribution < -0.4 is 0 Å². The Labute approximate surface area is 149 Å². The first-order valence-corrected chi connectivity index (χ1v) is 10.1. The molecule has 6 rings (SSSR count). The lowest BCUT2D eigenvalue weighted by Gasteiger charge is -2.42. The number of ether oxygens (including phenoxy) is 3. The van der Waals surface area contributed by atoms with Gasteiger partial charge in [0.1, 0.15) is 11.7 Å². The van der Waals surface area contributed by atoms with Crippen LogP contribution in [0.2, 0.25) is 0 Å². The van der Waals surface area contributed by atoms with E-state index in [1.165, 1.54) is 12.8 Å². The van der Waals surface area contributed by atoms with Crippen LogP contribution in [0.5, 0.6) is 0 Å². The molecule has 11 unspecified atom stereocenters. The van der Waals surface area contributed by atoms with Crippen molar-refractivity contribution in [1.82, 2.24) is 0 Å². The first-order chi connectivity index (χ1) is 11.9. The monoisotopic (exact) mass is 344 g/mol. The molecule has 5 fully saturated rings. The largest absolute Gasteiger partial charge is 0.509 e. The third-order valence-corrected chi connectivity index (χ3v) is 8.12. The number of carbonyl (C=O) groups excluding carboxylic acids is 1. The minimum Gasteiger partial charge on any atom is -0.431 e. The summed E-state index contributed by atoms with van der Waals surface area (Å²) in [6.07, 6.45) is 8.96. The van der Waals surface area contributed by atoms with E-state index in [1.54, 1.807) is 0 Å². The van der Waals surface area contributed by atoms with Crippen LogP contribution in [0.4, 0.5) is 4.79 Å². The number of rotatable bonds is 1. The van der Waals surface area contributed by atoms with Gasteiger partial charge in [-0.25, -0.2) is 4.79 Å². The highest BCUT2D eigenvalue weighted by Gasteiger charge is 2.72. The molecule has 11 atom stereocenters. The van der Waals surface area contributed by atoms with Crippen molar-refractivity contribution in [3.8, 4) is 0 Å². The number of allylic oxidation sites excluding steroid dienone is 2. The minimum absolute atomic E-state index is 0.0385. The smallest absolute Gasteiger partial charge is 0.431 e. The quantitative estimate of drug-likeness (QED) is 0.536. The Kier molecular flexibility index (Phi) is 2.79. The van der Waals surface area contributed by atoms with Crippen molar-refractivity contribution in [2.75, 3.05) is 0 Å². The average molecular weight is 344 g/mol. The maximum absolute atomic E-state index is 12.1. The van der Waals surface area contributed by atoms with E-state index in [2.05, 4.69) is 12.2 Å². The van der Waals surface area contributed by atoms with Crippen molar-refractivity contribution in [3.05, 3.63) is 12.2 Å². The molecule has 0 N–H and O–H groups in total. The van der Waals surface area contributed by atoms with Crippen LogP contribution in [-0.2, 0) is 14.2 Å². The molecule has 0 radical (unpaired) electrons. The molecule has 6 aliphatic rings. The van der Waals surface area contributed by atoms with Crippen LogP contribution in [0.3, 0.4) is 0 Å². The lowest BCUT2D eigenvalue weighted by atomic mass is 9.60. The fraction of sp³-hybridized carbons (Fsp3) is 0.857. The molecule has 6 bridgehead atoms. The fourth-order valence-corrected chi connectivity index (χ4v) is 7.75. The molecule has 0 aromatic rings. The van der Waals surface area contributed by atoms with E-state index in [0.717, 1.165) is 36.0 Å². The SMILES string of the molecule is CC(C)(C)OC(=O)OC1CC2CC1C1C3OC(C4C5C=CC(C5)C34)C21. The van der Waals surface area contributed by atoms with Crippen LogP contribution in [-0.4, -0.2) is 30.1 Å². The van der Waals surface area contributed by atoms with Gasteiger partial charge in [0.2, 0.25) is 0 Å². The summed E-state index contributed by atoms with van der Waals surface area (Å²) in [5.41, 5.74) is -0.491. The molecular formula is C21H28O4. The van der Waals surface area contributed by atoms with E-state index in [4.69, 9.17) is 14.2 Å². The second-order valence-electron chi connectivity index (χ2n) is 10.3. The van der Waals surface area contributed by atoms with E-state index < -0.39 is 11.8 Å². The van der Waals surface area contributed by atoms with Gasteiger partial charge in [0.25, 0.3) is 0 Å². The molecule has 4 heteroatoms. The van der Waals surface area contributed by atoms with E-state index in [9.17, 15) is 4.79 Å². The van der Waals surface area contributed by atoms with Crippen LogP contribution in [0.1, 0.15) is 40.0 Å². The van der Waals surface area contributed by atoms with Crippen molar-refractivity contribution in [2.45, 2.75) is 63.9 Å². The van der Waals surface area contributed by atoms with Gasteiger partial charge < -0.3 is 14.2 Å². The van der Waals surface area contributed by atoms with Crippen molar-refractivity contribution in [1.29, 1.82) is 0 Å². The fourth-order valence-electron chi connectivity index (χ4n) is 7.75. The molecule has 2 saturated heterocycles. The van der Waals surface area contributed by atoms with Gasteiger partial charge in [-0.1, -0.05) is 12.2 Å². The Bertz CT molecular complexity index is 649. The highest BCUT2D eigenvalue weighted by Crippen LogP contribution is 2.71. The van der Waals surface area contributed by atoms with E-state index in [1.807, 2.05) is 20.8 Å². The van der Waals surface area contributed by atoms with Gasteiger partial charge in [0, 0.05) is 5.92 Å². The Hall–Kier alpha value is -1.03. The van der Waals surface area contributed by atoms with Gasteiger partial charge in [-0.05, 0) is 81.5 Å². The molecule has 2 heterocycles. The normalized spacial score (nSPS) is 56.4. The zero-order valence-electron chi connectivity index (χ0n) is 15.3. The molecular weight excluding hydrogens is 316 g/mol. The summed E-state index contributed by atoms with van der Waals surface area (Å²) in [5, 5.41) is 0. The van der Waals surface area contributed by atoms with Crippen molar-refractivity contribution >= 4 is 6.16 Å². The predicted octanol–water partition coefficient (Wildman–Crippen LogP) is 3.80. The molecule has 0 aromatic heterocycles. The molecule has 136 valence electrons. The van der Waals surface area contributed by atoms with E-state index in [-0.39, 0.29) is 6.10 Å². The maximum Gasteiger partial charge on any atom is 0.509 e. The summed E-state index contributed by atoms with van der Waals surface area (Å²) in [6.45, 7) is 5.66. The molecule has 0 spiro atoms.